The average Bonchev–Trinajstić information content (AvgIpc) is 2.29. The Morgan fingerprint density at radius 1 is 1.11 bits per heavy atom. The Bertz CT molecular complexity index is 370. The van der Waals surface area contributed by atoms with E-state index in [-0.39, 0.29) is 0 Å². The van der Waals surface area contributed by atoms with Crippen molar-refractivity contribution in [3.05, 3.63) is 23.9 Å². The van der Waals surface area contributed by atoms with Crippen molar-refractivity contribution < 1.29 is 0 Å². The summed E-state index contributed by atoms with van der Waals surface area (Å²) in [5.74, 6) is 1.12. The monoisotopic (exact) mass is 247 g/mol. The average molecular weight is 247 g/mol. The van der Waals surface area contributed by atoms with Crippen LogP contribution in [0.3, 0.4) is 0 Å². The van der Waals surface area contributed by atoms with Crippen LogP contribution in [0.5, 0.6) is 0 Å². The third-order valence-electron chi connectivity index (χ3n) is 3.29. The number of rotatable bonds is 2. The van der Waals surface area contributed by atoms with E-state index < -0.39 is 0 Å². The van der Waals surface area contributed by atoms with Crippen LogP contribution in [-0.2, 0) is 0 Å². The molecule has 2 heterocycles. The van der Waals surface area contributed by atoms with Crippen LogP contribution in [0.1, 0.15) is 26.3 Å². The first-order valence-electron chi connectivity index (χ1n) is 6.84. The molecule has 1 fully saturated rings. The minimum absolute atomic E-state index is 0.393. The third-order valence-corrected chi connectivity index (χ3v) is 3.29. The zero-order valence-corrected chi connectivity index (χ0v) is 12.1. The molecule has 18 heavy (non-hydrogen) atoms. The summed E-state index contributed by atoms with van der Waals surface area (Å²) in [5, 5.41) is 0. The number of aromatic nitrogens is 1. The summed E-state index contributed by atoms with van der Waals surface area (Å²) >= 11 is 0. The molecule has 1 aromatic heterocycles. The molecule has 0 spiro atoms. The maximum Gasteiger partial charge on any atom is 0.128 e. The summed E-state index contributed by atoms with van der Waals surface area (Å²) in [6.07, 6.45) is 1.96. The van der Waals surface area contributed by atoms with Crippen LogP contribution in [0.25, 0.3) is 0 Å². The molecule has 0 N–H and O–H groups in total. The lowest BCUT2D eigenvalue weighted by Gasteiger charge is -2.38. The predicted octanol–water partition coefficient (Wildman–Crippen LogP) is 2.56. The fourth-order valence-electron chi connectivity index (χ4n) is 2.45. The van der Waals surface area contributed by atoms with Gasteiger partial charge in [0.1, 0.15) is 5.82 Å². The summed E-state index contributed by atoms with van der Waals surface area (Å²) < 4.78 is 0. The first kappa shape index (κ1) is 13.3. The van der Waals surface area contributed by atoms with Crippen molar-refractivity contribution in [2.45, 2.75) is 27.7 Å². The van der Waals surface area contributed by atoms with Crippen molar-refractivity contribution in [1.29, 1.82) is 0 Å². The third kappa shape index (κ3) is 3.70. The fourth-order valence-corrected chi connectivity index (χ4v) is 2.45. The lowest BCUT2D eigenvalue weighted by molar-refractivity contribution is 0.182. The second-order valence-electron chi connectivity index (χ2n) is 6.52. The molecule has 1 aromatic rings. The van der Waals surface area contributed by atoms with Gasteiger partial charge in [0.25, 0.3) is 0 Å². The van der Waals surface area contributed by atoms with Gasteiger partial charge in [-0.15, -0.1) is 0 Å². The SMILES string of the molecule is Cc1ccc(N2CCN(CC(C)(C)C)CC2)nc1. The molecule has 0 amide bonds. The van der Waals surface area contributed by atoms with Crippen LogP contribution < -0.4 is 4.90 Å². The predicted molar refractivity (Wildman–Crippen MR) is 77.1 cm³/mol. The number of hydrogen-bond acceptors (Lipinski definition) is 3. The minimum atomic E-state index is 0.393. The number of anilines is 1. The second-order valence-corrected chi connectivity index (χ2v) is 6.52. The van der Waals surface area contributed by atoms with Gasteiger partial charge in [-0.05, 0) is 24.0 Å². The van der Waals surface area contributed by atoms with Gasteiger partial charge >= 0.3 is 0 Å². The zero-order valence-electron chi connectivity index (χ0n) is 12.1. The van der Waals surface area contributed by atoms with Gasteiger partial charge in [-0.25, -0.2) is 4.98 Å². The Labute approximate surface area is 111 Å². The van der Waals surface area contributed by atoms with Crippen LogP contribution >= 0.6 is 0 Å². The van der Waals surface area contributed by atoms with E-state index in [2.05, 4.69) is 54.6 Å². The lowest BCUT2D eigenvalue weighted by atomic mass is 9.96. The number of hydrogen-bond donors (Lipinski definition) is 0. The van der Waals surface area contributed by atoms with Gasteiger partial charge in [-0.3, -0.25) is 4.90 Å². The van der Waals surface area contributed by atoms with Gasteiger partial charge in [0.05, 0.1) is 0 Å². The van der Waals surface area contributed by atoms with Crippen molar-refractivity contribution in [2.75, 3.05) is 37.6 Å². The molecule has 1 aliphatic heterocycles. The van der Waals surface area contributed by atoms with E-state index >= 15 is 0 Å². The first-order chi connectivity index (χ1) is 8.44. The standard InChI is InChI=1S/C15H25N3/c1-13-5-6-14(16-11-13)18-9-7-17(8-10-18)12-15(2,3)4/h5-6,11H,7-10,12H2,1-4H3. The summed E-state index contributed by atoms with van der Waals surface area (Å²) in [4.78, 5) is 9.46. The molecular formula is C15H25N3. The van der Waals surface area contributed by atoms with E-state index in [9.17, 15) is 0 Å². The van der Waals surface area contributed by atoms with Crippen LogP contribution in [0.4, 0.5) is 5.82 Å². The smallest absolute Gasteiger partial charge is 0.128 e. The molecule has 3 nitrogen and oxygen atoms in total. The molecule has 0 aromatic carbocycles. The summed E-state index contributed by atoms with van der Waals surface area (Å²) in [5.41, 5.74) is 1.62. The van der Waals surface area contributed by atoms with E-state index in [4.69, 9.17) is 0 Å². The Morgan fingerprint density at radius 3 is 2.28 bits per heavy atom. The largest absolute Gasteiger partial charge is 0.354 e. The van der Waals surface area contributed by atoms with Crippen molar-refractivity contribution in [1.82, 2.24) is 9.88 Å². The molecule has 0 atom stereocenters. The molecule has 0 unspecified atom stereocenters. The Hall–Kier alpha value is -1.09. The second kappa shape index (κ2) is 5.27. The number of pyridine rings is 1. The molecule has 3 heteroatoms. The molecule has 0 saturated carbocycles. The molecule has 100 valence electrons. The molecule has 1 saturated heterocycles. The maximum absolute atomic E-state index is 4.51. The van der Waals surface area contributed by atoms with E-state index in [1.807, 2.05) is 6.20 Å². The van der Waals surface area contributed by atoms with Gasteiger partial charge in [-0.1, -0.05) is 26.8 Å². The van der Waals surface area contributed by atoms with E-state index in [0.29, 0.717) is 5.41 Å². The fraction of sp³-hybridized carbons (Fsp3) is 0.667. The number of aryl methyl sites for hydroxylation is 1. The molecular weight excluding hydrogens is 222 g/mol. The topological polar surface area (TPSA) is 19.4 Å². The molecule has 2 rings (SSSR count). The summed E-state index contributed by atoms with van der Waals surface area (Å²) in [6, 6.07) is 4.28. The van der Waals surface area contributed by atoms with E-state index in [1.165, 1.54) is 12.1 Å². The highest BCUT2D eigenvalue weighted by Gasteiger charge is 2.21. The van der Waals surface area contributed by atoms with Gasteiger partial charge in [0.2, 0.25) is 0 Å². The molecule has 0 aliphatic carbocycles. The lowest BCUT2D eigenvalue weighted by Crippen LogP contribution is -2.48. The highest BCUT2D eigenvalue weighted by Crippen LogP contribution is 2.18. The number of nitrogens with zero attached hydrogens (tertiary/aromatic N) is 3. The Kier molecular flexibility index (Phi) is 3.91. The molecule has 1 aliphatic rings. The zero-order chi connectivity index (χ0) is 13.2. The highest BCUT2D eigenvalue weighted by molar-refractivity contribution is 5.39. The van der Waals surface area contributed by atoms with Gasteiger partial charge < -0.3 is 4.90 Å². The summed E-state index contributed by atoms with van der Waals surface area (Å²) in [6.45, 7) is 14.7. The Balaban J connectivity index is 1.88. The van der Waals surface area contributed by atoms with Crippen molar-refractivity contribution in [3.8, 4) is 0 Å². The summed E-state index contributed by atoms with van der Waals surface area (Å²) in [7, 11) is 0. The minimum Gasteiger partial charge on any atom is -0.354 e. The normalized spacial score (nSPS) is 18.1. The molecule has 0 bridgehead atoms. The van der Waals surface area contributed by atoms with Crippen molar-refractivity contribution in [3.63, 3.8) is 0 Å². The van der Waals surface area contributed by atoms with Crippen LogP contribution in [0, 0.1) is 12.3 Å². The van der Waals surface area contributed by atoms with Gasteiger partial charge in [0, 0.05) is 38.9 Å². The van der Waals surface area contributed by atoms with E-state index in [0.717, 1.165) is 32.0 Å². The quantitative estimate of drug-likeness (QED) is 0.800. The van der Waals surface area contributed by atoms with Crippen LogP contribution in [0.15, 0.2) is 18.3 Å². The van der Waals surface area contributed by atoms with E-state index in [1.54, 1.807) is 0 Å². The van der Waals surface area contributed by atoms with Crippen LogP contribution in [-0.4, -0.2) is 42.6 Å². The van der Waals surface area contributed by atoms with Gasteiger partial charge in [0.15, 0.2) is 0 Å². The first-order valence-corrected chi connectivity index (χ1v) is 6.84. The Morgan fingerprint density at radius 2 is 1.78 bits per heavy atom. The maximum atomic E-state index is 4.51. The van der Waals surface area contributed by atoms with Crippen molar-refractivity contribution >= 4 is 5.82 Å². The highest BCUT2D eigenvalue weighted by atomic mass is 15.3. The molecule has 0 radical (unpaired) electrons. The van der Waals surface area contributed by atoms with Crippen molar-refractivity contribution in [2.24, 2.45) is 5.41 Å². The number of piperazine rings is 1. The van der Waals surface area contributed by atoms with Crippen LogP contribution in [0.2, 0.25) is 0 Å². The van der Waals surface area contributed by atoms with Gasteiger partial charge in [-0.2, -0.15) is 0 Å².